The van der Waals surface area contributed by atoms with Gasteiger partial charge in [0.1, 0.15) is 0 Å². The third-order valence-corrected chi connectivity index (χ3v) is 4.46. The van der Waals surface area contributed by atoms with Gasteiger partial charge in [-0.1, -0.05) is 19.6 Å². The third-order valence-electron chi connectivity index (χ3n) is 2.64. The summed E-state index contributed by atoms with van der Waals surface area (Å²) in [5.41, 5.74) is 0.0999. The molecule has 0 amide bonds. The second kappa shape index (κ2) is 4.11. The molecule has 1 aliphatic heterocycles. The van der Waals surface area contributed by atoms with Crippen molar-refractivity contribution in [2.75, 3.05) is 19.8 Å². The van der Waals surface area contributed by atoms with Crippen molar-refractivity contribution in [3.8, 4) is 0 Å². The van der Waals surface area contributed by atoms with Crippen molar-refractivity contribution in [1.29, 1.82) is 0 Å². The molecule has 13 heavy (non-hydrogen) atoms. The van der Waals surface area contributed by atoms with E-state index < -0.39 is 8.07 Å². The Morgan fingerprint density at radius 2 is 2.08 bits per heavy atom. The van der Waals surface area contributed by atoms with Crippen LogP contribution in [0.25, 0.3) is 0 Å². The van der Waals surface area contributed by atoms with Gasteiger partial charge in [-0.2, -0.15) is 0 Å². The molecule has 0 bridgehead atoms. The van der Waals surface area contributed by atoms with Crippen LogP contribution in [0.3, 0.4) is 0 Å². The number of aliphatic hydroxyl groups is 1. The van der Waals surface area contributed by atoms with Crippen molar-refractivity contribution < 1.29 is 9.84 Å². The molecule has 1 aliphatic rings. The summed E-state index contributed by atoms with van der Waals surface area (Å²) in [5.74, 6) is 0. The zero-order valence-corrected chi connectivity index (χ0v) is 10.1. The van der Waals surface area contributed by atoms with Gasteiger partial charge in [-0.15, -0.1) is 0 Å². The van der Waals surface area contributed by atoms with Crippen LogP contribution in [0.5, 0.6) is 0 Å². The Labute approximate surface area is 82.3 Å². The standard InChI is InChI=1S/C10H22O2Si/c1-13(2,3)9-10(7-11)5-4-6-12-8-10/h11H,4-9H2,1-3H3. The van der Waals surface area contributed by atoms with Crippen LogP contribution in [0.1, 0.15) is 12.8 Å². The first-order chi connectivity index (χ1) is 5.97. The highest BCUT2D eigenvalue weighted by Crippen LogP contribution is 2.36. The van der Waals surface area contributed by atoms with Crippen LogP contribution in [0, 0.1) is 5.41 Å². The molecule has 1 N–H and O–H groups in total. The van der Waals surface area contributed by atoms with Gasteiger partial charge in [-0.25, -0.2) is 0 Å². The number of rotatable bonds is 3. The molecule has 1 fully saturated rings. The quantitative estimate of drug-likeness (QED) is 0.710. The average molecular weight is 202 g/mol. The Hall–Kier alpha value is 0.137. The summed E-state index contributed by atoms with van der Waals surface area (Å²) >= 11 is 0. The largest absolute Gasteiger partial charge is 0.396 e. The first-order valence-corrected chi connectivity index (χ1v) is 8.87. The lowest BCUT2D eigenvalue weighted by Crippen LogP contribution is -2.41. The molecule has 3 heteroatoms. The van der Waals surface area contributed by atoms with Crippen molar-refractivity contribution in [2.24, 2.45) is 5.41 Å². The minimum absolute atomic E-state index is 0.0999. The minimum atomic E-state index is -1.08. The fourth-order valence-electron chi connectivity index (χ4n) is 2.36. The molecule has 2 nitrogen and oxygen atoms in total. The van der Waals surface area contributed by atoms with Crippen molar-refractivity contribution in [3.63, 3.8) is 0 Å². The molecule has 0 aromatic rings. The van der Waals surface area contributed by atoms with E-state index in [1.165, 1.54) is 6.04 Å². The van der Waals surface area contributed by atoms with Crippen LogP contribution in [0.4, 0.5) is 0 Å². The van der Waals surface area contributed by atoms with Crippen LogP contribution in [0.2, 0.25) is 25.7 Å². The topological polar surface area (TPSA) is 29.5 Å². The van der Waals surface area contributed by atoms with E-state index in [-0.39, 0.29) is 5.41 Å². The second-order valence-corrected chi connectivity index (χ2v) is 11.0. The molecule has 0 aliphatic carbocycles. The fraction of sp³-hybridized carbons (Fsp3) is 1.00. The average Bonchev–Trinajstić information content (AvgIpc) is 2.03. The van der Waals surface area contributed by atoms with Gasteiger partial charge in [0.15, 0.2) is 0 Å². The highest BCUT2D eigenvalue weighted by Gasteiger charge is 2.36. The molecule has 0 saturated carbocycles. The fourth-order valence-corrected chi connectivity index (χ4v) is 5.00. The monoisotopic (exact) mass is 202 g/mol. The molecule has 1 unspecified atom stereocenters. The summed E-state index contributed by atoms with van der Waals surface area (Å²) in [6.07, 6.45) is 2.26. The zero-order valence-electron chi connectivity index (χ0n) is 9.10. The predicted octanol–water partition coefficient (Wildman–Crippen LogP) is 2.11. The number of aliphatic hydroxyl groups excluding tert-OH is 1. The van der Waals surface area contributed by atoms with E-state index in [4.69, 9.17) is 4.74 Å². The van der Waals surface area contributed by atoms with Gasteiger partial charge in [0.2, 0.25) is 0 Å². The summed E-state index contributed by atoms with van der Waals surface area (Å²) in [6.45, 7) is 9.04. The third kappa shape index (κ3) is 3.41. The van der Waals surface area contributed by atoms with Crippen LogP contribution in [-0.4, -0.2) is 33.0 Å². The van der Waals surface area contributed by atoms with E-state index >= 15 is 0 Å². The highest BCUT2D eigenvalue weighted by atomic mass is 28.3. The molecule has 1 rings (SSSR count). The Balaban J connectivity index is 2.57. The van der Waals surface area contributed by atoms with Crippen LogP contribution in [-0.2, 0) is 4.74 Å². The Kier molecular flexibility index (Phi) is 3.55. The van der Waals surface area contributed by atoms with Crippen LogP contribution < -0.4 is 0 Å². The second-order valence-electron chi connectivity index (χ2n) is 5.55. The van der Waals surface area contributed by atoms with Crippen molar-refractivity contribution >= 4 is 8.07 Å². The summed E-state index contributed by atoms with van der Waals surface area (Å²) in [4.78, 5) is 0. The first-order valence-electron chi connectivity index (χ1n) is 5.16. The summed E-state index contributed by atoms with van der Waals surface area (Å²) in [6, 6.07) is 1.19. The Morgan fingerprint density at radius 1 is 1.38 bits per heavy atom. The lowest BCUT2D eigenvalue weighted by Gasteiger charge is -2.39. The zero-order chi connectivity index (χ0) is 9.95. The molecular weight excluding hydrogens is 180 g/mol. The van der Waals surface area contributed by atoms with Crippen molar-refractivity contribution in [3.05, 3.63) is 0 Å². The molecular formula is C10H22O2Si. The van der Waals surface area contributed by atoms with Gasteiger partial charge in [-0.05, 0) is 18.9 Å². The van der Waals surface area contributed by atoms with Crippen molar-refractivity contribution in [2.45, 2.75) is 38.5 Å². The normalized spacial score (nSPS) is 30.5. The highest BCUT2D eigenvalue weighted by molar-refractivity contribution is 6.76. The maximum absolute atomic E-state index is 9.45. The van der Waals surface area contributed by atoms with E-state index in [0.717, 1.165) is 26.1 Å². The van der Waals surface area contributed by atoms with Gasteiger partial charge < -0.3 is 9.84 Å². The van der Waals surface area contributed by atoms with Gasteiger partial charge in [-0.3, -0.25) is 0 Å². The van der Waals surface area contributed by atoms with E-state index in [1.54, 1.807) is 0 Å². The number of hydrogen-bond acceptors (Lipinski definition) is 2. The van der Waals surface area contributed by atoms with Crippen LogP contribution >= 0.6 is 0 Å². The smallest absolute Gasteiger partial charge is 0.0541 e. The molecule has 0 radical (unpaired) electrons. The molecule has 1 saturated heterocycles. The maximum atomic E-state index is 9.45. The SMILES string of the molecule is C[Si](C)(C)CC1(CO)CCCOC1. The van der Waals surface area contributed by atoms with E-state index in [2.05, 4.69) is 19.6 Å². The molecule has 78 valence electrons. The lowest BCUT2D eigenvalue weighted by molar-refractivity contribution is -0.0278. The van der Waals surface area contributed by atoms with E-state index in [1.807, 2.05) is 0 Å². The minimum Gasteiger partial charge on any atom is -0.396 e. The molecule has 0 aromatic heterocycles. The van der Waals surface area contributed by atoms with Crippen molar-refractivity contribution in [1.82, 2.24) is 0 Å². The predicted molar refractivity (Wildman–Crippen MR) is 57.7 cm³/mol. The Bertz CT molecular complexity index is 157. The number of ether oxygens (including phenoxy) is 1. The van der Waals surface area contributed by atoms with Crippen LogP contribution in [0.15, 0.2) is 0 Å². The first kappa shape index (κ1) is 11.2. The molecule has 0 aromatic carbocycles. The summed E-state index contributed by atoms with van der Waals surface area (Å²) in [5, 5.41) is 9.45. The Morgan fingerprint density at radius 3 is 2.46 bits per heavy atom. The molecule has 1 heterocycles. The van der Waals surface area contributed by atoms with E-state index in [9.17, 15) is 5.11 Å². The van der Waals surface area contributed by atoms with Gasteiger partial charge in [0, 0.05) is 20.1 Å². The summed E-state index contributed by atoms with van der Waals surface area (Å²) in [7, 11) is -1.08. The molecule has 0 spiro atoms. The van der Waals surface area contributed by atoms with Gasteiger partial charge >= 0.3 is 0 Å². The van der Waals surface area contributed by atoms with Gasteiger partial charge in [0.25, 0.3) is 0 Å². The number of hydrogen-bond donors (Lipinski definition) is 1. The van der Waals surface area contributed by atoms with Gasteiger partial charge in [0.05, 0.1) is 13.2 Å². The maximum Gasteiger partial charge on any atom is 0.0541 e. The molecule has 1 atom stereocenters. The summed E-state index contributed by atoms with van der Waals surface area (Å²) < 4.78 is 5.48. The lowest BCUT2D eigenvalue weighted by atomic mass is 9.85. The van der Waals surface area contributed by atoms with E-state index in [0.29, 0.717) is 6.61 Å².